The number of nitrogen functional groups attached to an aromatic ring is 2. The highest BCUT2D eigenvalue weighted by Crippen LogP contribution is 2.17. The number of nitrogens with one attached hydrogen (secondary N) is 6. The highest BCUT2D eigenvalue weighted by molar-refractivity contribution is 6.31. The lowest BCUT2D eigenvalue weighted by atomic mass is 10.1. The Kier molecular flexibility index (Phi) is 10.7. The van der Waals surface area contributed by atoms with E-state index in [0.29, 0.717) is 26.1 Å². The molecule has 12 N–H and O–H groups in total. The van der Waals surface area contributed by atoms with Gasteiger partial charge in [-0.3, -0.25) is 25.7 Å². The maximum absolute atomic E-state index is 12.1. The number of aromatic nitrogens is 2. The molecular weight excluding hydrogens is 414 g/mol. The first-order valence-corrected chi connectivity index (χ1v) is 9.65. The summed E-state index contributed by atoms with van der Waals surface area (Å²) in [5, 5.41) is 25.0. The van der Waals surface area contributed by atoms with Crippen LogP contribution in [0.5, 0.6) is 0 Å². The van der Waals surface area contributed by atoms with Gasteiger partial charge < -0.3 is 33.2 Å². The molecule has 30 heavy (non-hydrogen) atoms. The predicted molar refractivity (Wildman–Crippen MR) is 115 cm³/mol. The van der Waals surface area contributed by atoms with Crippen LogP contribution in [0.3, 0.4) is 0 Å². The highest BCUT2D eigenvalue weighted by Gasteiger charge is 2.16. The zero-order valence-electron chi connectivity index (χ0n) is 16.5. The molecule has 166 valence electrons. The molecule has 0 saturated heterocycles. The smallest absolute Gasteiger partial charge is 0.280 e. The molecule has 13 nitrogen and oxygen atoms in total. The fourth-order valence-corrected chi connectivity index (χ4v) is 2.42. The van der Waals surface area contributed by atoms with Crippen LogP contribution in [-0.2, 0) is 4.79 Å². The maximum Gasteiger partial charge on any atom is 0.280 e. The Labute approximate surface area is 178 Å². The van der Waals surface area contributed by atoms with Crippen LogP contribution in [0.4, 0.5) is 11.6 Å². The van der Waals surface area contributed by atoms with Crippen LogP contribution in [0, 0.1) is 10.8 Å². The number of carbonyl (C=O) groups excluding carboxylic acids is 2. The van der Waals surface area contributed by atoms with E-state index in [0.717, 1.165) is 25.7 Å². The second kappa shape index (κ2) is 13.0. The minimum Gasteiger partial charge on any atom is -0.382 e. The molecule has 0 unspecified atom stereocenters. The van der Waals surface area contributed by atoms with Crippen LogP contribution in [0.2, 0.25) is 5.15 Å². The van der Waals surface area contributed by atoms with Gasteiger partial charge in [0.2, 0.25) is 5.91 Å². The van der Waals surface area contributed by atoms with Crippen molar-refractivity contribution in [2.45, 2.75) is 32.1 Å². The van der Waals surface area contributed by atoms with E-state index in [1.165, 1.54) is 0 Å². The number of anilines is 2. The number of hydrogen-bond acceptors (Lipinski definition) is 8. The van der Waals surface area contributed by atoms with E-state index >= 15 is 0 Å². The lowest BCUT2D eigenvalue weighted by Gasteiger charge is -2.10. The van der Waals surface area contributed by atoms with E-state index in [9.17, 15) is 9.59 Å². The van der Waals surface area contributed by atoms with Gasteiger partial charge in [0.05, 0.1) is 0 Å². The number of hydrogen-bond donors (Lipinski definition) is 9. The summed E-state index contributed by atoms with van der Waals surface area (Å²) in [7, 11) is 0. The highest BCUT2D eigenvalue weighted by atomic mass is 35.5. The number of halogens is 1. The van der Waals surface area contributed by atoms with Gasteiger partial charge in [-0.1, -0.05) is 24.4 Å². The molecule has 0 saturated carbocycles. The van der Waals surface area contributed by atoms with Crippen LogP contribution < -0.4 is 38.5 Å². The lowest BCUT2D eigenvalue weighted by molar-refractivity contribution is -0.121. The van der Waals surface area contributed by atoms with Gasteiger partial charge in [0.15, 0.2) is 34.4 Å². The molecule has 1 aromatic heterocycles. The Morgan fingerprint density at radius 3 is 2.27 bits per heavy atom. The molecule has 0 aliphatic rings. The fourth-order valence-electron chi connectivity index (χ4n) is 2.29. The summed E-state index contributed by atoms with van der Waals surface area (Å²) >= 11 is 5.73. The van der Waals surface area contributed by atoms with E-state index in [4.69, 9.17) is 39.6 Å². The van der Waals surface area contributed by atoms with Crippen LogP contribution in [0.1, 0.15) is 42.6 Å². The number of guanidine groups is 2. The molecule has 14 heteroatoms. The van der Waals surface area contributed by atoms with Crippen LogP contribution in [0.15, 0.2) is 0 Å². The van der Waals surface area contributed by atoms with Crippen molar-refractivity contribution in [3.05, 3.63) is 10.8 Å². The molecule has 1 rings (SSSR count). The van der Waals surface area contributed by atoms with Crippen LogP contribution >= 0.6 is 11.6 Å². The molecular formula is C16H28ClN11O2. The van der Waals surface area contributed by atoms with Crippen molar-refractivity contribution in [1.29, 1.82) is 10.8 Å². The van der Waals surface area contributed by atoms with Gasteiger partial charge in [-0.15, -0.1) is 0 Å². The number of carbonyl (C=O) groups is 2. The molecule has 0 radical (unpaired) electrons. The van der Waals surface area contributed by atoms with Crippen molar-refractivity contribution in [1.82, 2.24) is 31.2 Å². The summed E-state index contributed by atoms with van der Waals surface area (Å²) < 4.78 is 0. The minimum absolute atomic E-state index is 0.0480. The van der Waals surface area contributed by atoms with Crippen molar-refractivity contribution < 1.29 is 9.59 Å². The Bertz CT molecular complexity index is 772. The van der Waals surface area contributed by atoms with Crippen LogP contribution in [0.25, 0.3) is 0 Å². The molecule has 0 aliphatic carbocycles. The van der Waals surface area contributed by atoms with E-state index in [1.54, 1.807) is 0 Å². The summed E-state index contributed by atoms with van der Waals surface area (Å²) in [6, 6.07) is 0. The van der Waals surface area contributed by atoms with Crippen molar-refractivity contribution in [3.8, 4) is 0 Å². The lowest BCUT2D eigenvalue weighted by Crippen LogP contribution is -2.41. The van der Waals surface area contributed by atoms with Gasteiger partial charge in [0, 0.05) is 26.1 Å². The molecule has 1 heterocycles. The Hall–Kier alpha value is -3.35. The van der Waals surface area contributed by atoms with Crippen molar-refractivity contribution in [3.63, 3.8) is 0 Å². The number of rotatable bonds is 11. The number of nitrogens with two attached hydrogens (primary N) is 3. The number of amides is 2. The second-order valence-electron chi connectivity index (χ2n) is 6.24. The first kappa shape index (κ1) is 24.7. The fraction of sp³-hybridized carbons (Fsp3) is 0.500. The molecule has 0 aromatic carbocycles. The predicted octanol–water partition coefficient (Wildman–Crippen LogP) is -0.902. The third-order valence-electron chi connectivity index (χ3n) is 3.75. The molecule has 2 amide bonds. The average Bonchev–Trinajstić information content (AvgIpc) is 2.67. The van der Waals surface area contributed by atoms with Gasteiger partial charge >= 0.3 is 0 Å². The van der Waals surface area contributed by atoms with Crippen molar-refractivity contribution in [2.24, 2.45) is 5.73 Å². The Balaban J connectivity index is 2.12. The standard InChI is InChI=1S/C16H28ClN11O2/c17-11-13(19)27-12(18)10(26-11)14(30)28-16(22)25-6-4-2-1-3-5-9(29)23-7-8-24-15(20)21/h1-8H2,(H,23,29)(H4,18,19,27)(H4,20,21,24)(H3,22,25,28,30). The Morgan fingerprint density at radius 1 is 0.900 bits per heavy atom. The number of unbranched alkanes of at least 4 members (excludes halogenated alkanes) is 3. The van der Waals surface area contributed by atoms with E-state index in [2.05, 4.69) is 31.2 Å². The van der Waals surface area contributed by atoms with Gasteiger partial charge in [0.25, 0.3) is 5.91 Å². The van der Waals surface area contributed by atoms with Crippen LogP contribution in [-0.4, -0.2) is 53.3 Å². The quantitative estimate of drug-likeness (QED) is 0.117. The van der Waals surface area contributed by atoms with Gasteiger partial charge in [0.1, 0.15) is 0 Å². The molecule has 0 bridgehead atoms. The normalized spacial score (nSPS) is 10.2. The third-order valence-corrected chi connectivity index (χ3v) is 4.03. The first-order chi connectivity index (χ1) is 14.2. The largest absolute Gasteiger partial charge is 0.382 e. The molecule has 1 aromatic rings. The monoisotopic (exact) mass is 441 g/mol. The molecule has 0 atom stereocenters. The summed E-state index contributed by atoms with van der Waals surface area (Å²) in [5.74, 6) is -1.36. The van der Waals surface area contributed by atoms with Gasteiger partial charge in [-0.05, 0) is 12.8 Å². The van der Waals surface area contributed by atoms with E-state index in [1.807, 2.05) is 0 Å². The van der Waals surface area contributed by atoms with Gasteiger partial charge in [-0.25, -0.2) is 9.97 Å². The minimum atomic E-state index is -0.719. The van der Waals surface area contributed by atoms with Crippen molar-refractivity contribution >= 4 is 47.0 Å². The summed E-state index contributed by atoms with van der Waals surface area (Å²) in [4.78, 5) is 31.2. The van der Waals surface area contributed by atoms with E-state index in [-0.39, 0.29) is 40.3 Å². The SMILES string of the molecule is N=C(N)NCCNC(=O)CCCCCCNC(=N)NC(=O)c1nc(Cl)c(N)nc1N. The summed E-state index contributed by atoms with van der Waals surface area (Å²) in [6.45, 7) is 1.31. The van der Waals surface area contributed by atoms with E-state index < -0.39 is 5.91 Å². The molecule has 0 spiro atoms. The molecule has 0 fully saturated rings. The Morgan fingerprint density at radius 2 is 1.57 bits per heavy atom. The average molecular weight is 442 g/mol. The topological polar surface area (TPSA) is 234 Å². The second-order valence-corrected chi connectivity index (χ2v) is 6.60. The molecule has 0 aliphatic heterocycles. The van der Waals surface area contributed by atoms with Crippen molar-refractivity contribution in [2.75, 3.05) is 31.1 Å². The maximum atomic E-state index is 12.1. The summed E-state index contributed by atoms with van der Waals surface area (Å²) in [5.41, 5.74) is 16.0. The zero-order chi connectivity index (χ0) is 22.5. The summed E-state index contributed by atoms with van der Waals surface area (Å²) in [6.07, 6.45) is 3.65. The first-order valence-electron chi connectivity index (χ1n) is 9.27. The zero-order valence-corrected chi connectivity index (χ0v) is 17.2. The van der Waals surface area contributed by atoms with Gasteiger partial charge in [-0.2, -0.15) is 0 Å². The third kappa shape index (κ3) is 9.73. The number of nitrogens with zero attached hydrogens (tertiary/aromatic N) is 2.